The summed E-state index contributed by atoms with van der Waals surface area (Å²) in [6.07, 6.45) is 0.506. The lowest BCUT2D eigenvalue weighted by Crippen LogP contribution is -2.14. The summed E-state index contributed by atoms with van der Waals surface area (Å²) in [5.41, 5.74) is 0.153. The van der Waals surface area contributed by atoms with Crippen molar-refractivity contribution in [1.29, 1.82) is 0 Å². The number of hydrogen-bond acceptors (Lipinski definition) is 3. The van der Waals surface area contributed by atoms with Crippen LogP contribution >= 0.6 is 0 Å². The Labute approximate surface area is 80.1 Å². The Kier molecular flexibility index (Phi) is 3.01. The van der Waals surface area contributed by atoms with Gasteiger partial charge in [0.15, 0.2) is 0 Å². The fourth-order valence-corrected chi connectivity index (χ4v) is 0.997. The van der Waals surface area contributed by atoms with Crippen molar-refractivity contribution in [3.05, 3.63) is 42.2 Å². The molecule has 0 amide bonds. The second-order valence-electron chi connectivity index (χ2n) is 2.54. The number of carbonyl (C=O) groups is 2. The third-order valence-corrected chi connectivity index (χ3v) is 1.65. The highest BCUT2D eigenvalue weighted by atomic mass is 16.4. The van der Waals surface area contributed by atoms with E-state index in [-0.39, 0.29) is 5.57 Å². The molecule has 0 aliphatic heterocycles. The van der Waals surface area contributed by atoms with Crippen molar-refractivity contribution in [3.63, 3.8) is 0 Å². The molecule has 4 heteroatoms. The number of carboxylic acid groups (broad SMARTS) is 1. The van der Waals surface area contributed by atoms with Gasteiger partial charge in [0.2, 0.25) is 0 Å². The van der Waals surface area contributed by atoms with Gasteiger partial charge in [-0.25, -0.2) is 4.79 Å². The van der Waals surface area contributed by atoms with Gasteiger partial charge in [-0.2, -0.15) is 0 Å². The van der Waals surface area contributed by atoms with E-state index >= 15 is 0 Å². The van der Waals surface area contributed by atoms with Crippen molar-refractivity contribution in [2.45, 2.75) is 0 Å². The van der Waals surface area contributed by atoms with Gasteiger partial charge in [0.1, 0.15) is 0 Å². The van der Waals surface area contributed by atoms with Gasteiger partial charge < -0.3 is 10.2 Å². The Morgan fingerprint density at radius 1 is 1.14 bits per heavy atom. The molecule has 0 spiro atoms. The third-order valence-electron chi connectivity index (χ3n) is 1.65. The minimum atomic E-state index is -1.59. The molecule has 2 N–H and O–H groups in total. The molecule has 0 aromatic heterocycles. The van der Waals surface area contributed by atoms with Crippen LogP contribution in [0.2, 0.25) is 0 Å². The molecule has 0 unspecified atom stereocenters. The lowest BCUT2D eigenvalue weighted by atomic mass is 10.0. The molecule has 0 radical (unpaired) electrons. The van der Waals surface area contributed by atoms with Crippen LogP contribution in [0.15, 0.2) is 36.6 Å². The number of aliphatic hydroxyl groups excluding tert-OH is 1. The average Bonchev–Trinajstić information content (AvgIpc) is 2.20. The molecule has 0 atom stereocenters. The monoisotopic (exact) mass is 192 g/mol. The number of Topliss-reactive ketones (excluding diaryl/α,β-unsaturated/α-hetero) is 1. The molecule has 14 heavy (non-hydrogen) atoms. The predicted octanol–water partition coefficient (Wildman–Crippen LogP) is 1.24. The molecule has 1 aromatic rings. The fourth-order valence-electron chi connectivity index (χ4n) is 0.997. The first-order chi connectivity index (χ1) is 6.66. The summed E-state index contributed by atoms with van der Waals surface area (Å²) in [6.45, 7) is 0. The minimum Gasteiger partial charge on any atom is -0.515 e. The van der Waals surface area contributed by atoms with Gasteiger partial charge in [-0.1, -0.05) is 30.3 Å². The van der Waals surface area contributed by atoms with E-state index < -0.39 is 11.8 Å². The SMILES string of the molecule is O=C(O)C(=O)/C(=C/O)c1ccccc1. The normalized spacial score (nSPS) is 11.0. The Balaban J connectivity index is 3.07. The highest BCUT2D eigenvalue weighted by Crippen LogP contribution is 2.14. The molecule has 0 aliphatic carbocycles. The molecule has 0 saturated heterocycles. The van der Waals surface area contributed by atoms with Crippen LogP contribution in [0.1, 0.15) is 5.56 Å². The summed E-state index contributed by atoms with van der Waals surface area (Å²) in [5.74, 6) is -2.71. The van der Waals surface area contributed by atoms with Crippen molar-refractivity contribution in [2.75, 3.05) is 0 Å². The van der Waals surface area contributed by atoms with Crippen molar-refractivity contribution in [2.24, 2.45) is 0 Å². The maximum absolute atomic E-state index is 11.0. The molecule has 1 aromatic carbocycles. The molecule has 0 heterocycles. The first-order valence-corrected chi connectivity index (χ1v) is 3.84. The Morgan fingerprint density at radius 2 is 1.71 bits per heavy atom. The van der Waals surface area contributed by atoms with Gasteiger partial charge in [0.25, 0.3) is 5.78 Å². The standard InChI is InChI=1S/C10H8O4/c11-6-8(9(12)10(13)14)7-4-2-1-3-5-7/h1-6,11H,(H,13,14)/b8-6+. The molecular weight excluding hydrogens is 184 g/mol. The lowest BCUT2D eigenvalue weighted by molar-refractivity contribution is -0.146. The number of ketones is 1. The Bertz CT molecular complexity index is 378. The van der Waals surface area contributed by atoms with Gasteiger partial charge in [-0.3, -0.25) is 4.79 Å². The van der Waals surface area contributed by atoms with Gasteiger partial charge in [-0.15, -0.1) is 0 Å². The van der Waals surface area contributed by atoms with E-state index in [0.29, 0.717) is 11.8 Å². The summed E-state index contributed by atoms with van der Waals surface area (Å²) >= 11 is 0. The highest BCUT2D eigenvalue weighted by molar-refractivity contribution is 6.51. The number of benzene rings is 1. The van der Waals surface area contributed by atoms with Crippen LogP contribution in [0.3, 0.4) is 0 Å². The van der Waals surface area contributed by atoms with Gasteiger partial charge in [0, 0.05) is 0 Å². The summed E-state index contributed by atoms with van der Waals surface area (Å²) in [7, 11) is 0. The topological polar surface area (TPSA) is 74.6 Å². The zero-order chi connectivity index (χ0) is 10.6. The van der Waals surface area contributed by atoms with Crippen LogP contribution in [-0.4, -0.2) is 22.0 Å². The largest absolute Gasteiger partial charge is 0.515 e. The first-order valence-electron chi connectivity index (χ1n) is 3.84. The van der Waals surface area contributed by atoms with Crippen LogP contribution in [0.4, 0.5) is 0 Å². The van der Waals surface area contributed by atoms with E-state index in [2.05, 4.69) is 0 Å². The van der Waals surface area contributed by atoms with Gasteiger partial charge >= 0.3 is 5.97 Å². The maximum atomic E-state index is 11.0. The lowest BCUT2D eigenvalue weighted by Gasteiger charge is -2.00. The van der Waals surface area contributed by atoms with E-state index in [1.54, 1.807) is 30.3 Å². The molecule has 1 rings (SSSR count). The number of carboxylic acids is 1. The number of aliphatic carboxylic acids is 1. The molecule has 4 nitrogen and oxygen atoms in total. The maximum Gasteiger partial charge on any atom is 0.377 e. The number of hydrogen-bond donors (Lipinski definition) is 2. The minimum absolute atomic E-state index is 0.224. The Morgan fingerprint density at radius 3 is 2.14 bits per heavy atom. The third kappa shape index (κ3) is 1.98. The van der Waals surface area contributed by atoms with Crippen molar-refractivity contribution >= 4 is 17.3 Å². The molecule has 0 bridgehead atoms. The average molecular weight is 192 g/mol. The number of rotatable bonds is 3. The molecule has 0 aliphatic rings. The van der Waals surface area contributed by atoms with E-state index in [9.17, 15) is 9.59 Å². The van der Waals surface area contributed by atoms with Crippen LogP contribution in [0, 0.1) is 0 Å². The molecule has 0 saturated carbocycles. The molecule has 72 valence electrons. The second-order valence-corrected chi connectivity index (χ2v) is 2.54. The second kappa shape index (κ2) is 4.23. The summed E-state index contributed by atoms with van der Waals surface area (Å²) < 4.78 is 0. The fraction of sp³-hybridized carbons (Fsp3) is 0. The van der Waals surface area contributed by atoms with E-state index in [4.69, 9.17) is 10.2 Å². The highest BCUT2D eigenvalue weighted by Gasteiger charge is 2.19. The van der Waals surface area contributed by atoms with Crippen molar-refractivity contribution in [3.8, 4) is 0 Å². The molecular formula is C10H8O4. The smallest absolute Gasteiger partial charge is 0.377 e. The zero-order valence-corrected chi connectivity index (χ0v) is 7.18. The van der Waals surface area contributed by atoms with Crippen molar-refractivity contribution in [1.82, 2.24) is 0 Å². The van der Waals surface area contributed by atoms with Gasteiger partial charge in [-0.05, 0) is 5.56 Å². The predicted molar refractivity (Wildman–Crippen MR) is 49.7 cm³/mol. The summed E-state index contributed by atoms with van der Waals surface area (Å²) in [5, 5.41) is 17.2. The van der Waals surface area contributed by atoms with Crippen molar-refractivity contribution < 1.29 is 19.8 Å². The summed E-state index contributed by atoms with van der Waals surface area (Å²) in [6, 6.07) is 8.11. The quantitative estimate of drug-likeness (QED) is 0.429. The van der Waals surface area contributed by atoms with Crippen LogP contribution < -0.4 is 0 Å². The van der Waals surface area contributed by atoms with E-state index in [0.717, 1.165) is 0 Å². The van der Waals surface area contributed by atoms with E-state index in [1.165, 1.54) is 0 Å². The van der Waals surface area contributed by atoms with Crippen LogP contribution in [-0.2, 0) is 9.59 Å². The number of carbonyl (C=O) groups excluding carboxylic acids is 1. The Hall–Kier alpha value is -2.10. The zero-order valence-electron chi connectivity index (χ0n) is 7.18. The van der Waals surface area contributed by atoms with Crippen LogP contribution in [0.5, 0.6) is 0 Å². The first kappa shape index (κ1) is 9.98. The number of aliphatic hydroxyl groups is 1. The van der Waals surface area contributed by atoms with Gasteiger partial charge in [0.05, 0.1) is 11.8 Å². The molecule has 0 fully saturated rings. The summed E-state index contributed by atoms with van der Waals surface area (Å²) in [4.78, 5) is 21.4. The van der Waals surface area contributed by atoms with E-state index in [1.807, 2.05) is 0 Å². The van der Waals surface area contributed by atoms with Crippen LogP contribution in [0.25, 0.3) is 5.57 Å².